The Morgan fingerprint density at radius 3 is 1.34 bits per heavy atom. The molecule has 2 amide bonds. The van der Waals surface area contributed by atoms with E-state index in [-0.39, 0.29) is 70.3 Å². The number of aliphatic hydroxyl groups excluding tert-OH is 2. The van der Waals surface area contributed by atoms with Gasteiger partial charge in [0.15, 0.2) is 34.5 Å². The van der Waals surface area contributed by atoms with Gasteiger partial charge >= 0.3 is 12.2 Å². The van der Waals surface area contributed by atoms with Crippen LogP contribution in [0.4, 0.5) is 9.59 Å². The number of carbonyl (C=O) groups is 2. The third-order valence-electron chi connectivity index (χ3n) is 21.5. The highest BCUT2D eigenvalue weighted by molar-refractivity contribution is 5.76. The number of benzene rings is 8. The molecule has 4 N–H and O–H groups in total. The van der Waals surface area contributed by atoms with Crippen LogP contribution in [0.5, 0.6) is 51.7 Å². The number of likely N-dealkylation sites (N-methyl/N-ethyl adjacent to an activating group) is 1. The monoisotopic (exact) mass is 1490 g/mol. The molecule has 0 spiro atoms. The first-order chi connectivity index (χ1) is 52.4. The predicted octanol–water partition coefficient (Wildman–Crippen LogP) is 14.9. The second kappa shape index (κ2) is 32.8. The lowest BCUT2D eigenvalue weighted by Crippen LogP contribution is -2.58. The van der Waals surface area contributed by atoms with Gasteiger partial charge in [-0.15, -0.1) is 0 Å². The van der Waals surface area contributed by atoms with Gasteiger partial charge in [-0.2, -0.15) is 0 Å². The molecule has 109 heavy (non-hydrogen) atoms. The molecule has 0 saturated heterocycles. The smallest absolute Gasteiger partial charge is 0.411 e. The molecule has 8 aromatic rings. The summed E-state index contributed by atoms with van der Waals surface area (Å²) in [6.45, 7) is 22.6. The van der Waals surface area contributed by atoms with Gasteiger partial charge < -0.3 is 77.5 Å². The Bertz CT molecular complexity index is 4570. The van der Waals surface area contributed by atoms with Crippen molar-refractivity contribution >= 4 is 12.2 Å². The summed E-state index contributed by atoms with van der Waals surface area (Å²) >= 11 is 0. The Hall–Kier alpha value is -9.74. The second-order valence-electron chi connectivity index (χ2n) is 31.2. The number of ether oxygens (including phenoxy) is 12. The number of amides is 2. The SMILES string of the molecule is COc1c(C)cc2c(c1C)[C@H]([C@@H]1Cc3c(OCc4ccccc4)c(C)c4c(c3[C@H](COCc3ccccc3)N1C(=O)OC(C)(C)C)OCO4)N(C)[C@H](CO)C2.COc1c(C)cc2c(c1O)[C@H]([C@@H]1Cc3c(OCc4ccccc4)c(C)c4c(c3[C@H](COCc3ccccc3)N1C(=O)OC(C)(C)C)OCO4)N[C@H](CO)C2. The number of carbonyl (C=O) groups excluding carboxylic acids is 2. The average Bonchev–Trinajstić information content (AvgIpc) is 1.68. The molecule has 21 heteroatoms. The van der Waals surface area contributed by atoms with Crippen molar-refractivity contribution < 1.29 is 81.8 Å². The number of phenols is 1. The van der Waals surface area contributed by atoms with E-state index in [1.54, 1.807) is 12.0 Å². The number of aryl methyl sites for hydroxylation is 2. The lowest BCUT2D eigenvalue weighted by atomic mass is 9.76. The maximum Gasteiger partial charge on any atom is 0.411 e. The Morgan fingerprint density at radius 1 is 0.495 bits per heavy atom. The van der Waals surface area contributed by atoms with Crippen LogP contribution >= 0.6 is 0 Å². The van der Waals surface area contributed by atoms with Crippen molar-refractivity contribution in [2.45, 2.75) is 188 Å². The van der Waals surface area contributed by atoms with Crippen LogP contribution in [0.1, 0.15) is 160 Å². The molecular weight excluding hydrogens is 1380 g/mol. The first-order valence-electron chi connectivity index (χ1n) is 37.7. The molecule has 0 unspecified atom stereocenters. The van der Waals surface area contributed by atoms with E-state index < -0.39 is 53.6 Å². The molecule has 8 atom stereocenters. The van der Waals surface area contributed by atoms with Gasteiger partial charge in [-0.1, -0.05) is 133 Å². The topological polar surface area (TPSA) is 227 Å². The Kier molecular flexibility index (Phi) is 23.3. The molecule has 578 valence electrons. The van der Waals surface area contributed by atoms with Crippen LogP contribution in [0.25, 0.3) is 0 Å². The Labute approximate surface area is 639 Å². The van der Waals surface area contributed by atoms with E-state index in [0.717, 1.165) is 94.8 Å². The maximum atomic E-state index is 15.0. The van der Waals surface area contributed by atoms with Crippen LogP contribution in [0.3, 0.4) is 0 Å². The summed E-state index contributed by atoms with van der Waals surface area (Å²) in [4.78, 5) is 35.6. The minimum absolute atomic E-state index is 0.00405. The lowest BCUT2D eigenvalue weighted by molar-refractivity contribution is -0.0419. The fraction of sp³-hybridized carbons (Fsp3) is 0.432. The second-order valence-corrected chi connectivity index (χ2v) is 31.2. The number of methoxy groups -OCH3 is 2. The number of phenolic OH excluding ortho intramolecular Hbond substituents is 1. The summed E-state index contributed by atoms with van der Waals surface area (Å²) in [5, 5.41) is 36.9. The molecule has 0 fully saturated rings. The number of hydrogen-bond acceptors (Lipinski definition) is 19. The molecule has 0 aromatic heterocycles. The van der Waals surface area contributed by atoms with E-state index in [2.05, 4.69) is 30.1 Å². The van der Waals surface area contributed by atoms with Crippen molar-refractivity contribution in [1.29, 1.82) is 0 Å². The highest BCUT2D eigenvalue weighted by Gasteiger charge is 2.53. The highest BCUT2D eigenvalue weighted by Crippen LogP contribution is 2.58. The summed E-state index contributed by atoms with van der Waals surface area (Å²) in [5.74, 6) is 4.82. The standard InChI is InChI=1S/C45H54N2O8.C43H50N2O9/c1-27-19-32-20-33(22-48)46(7)39(37(32)28(2)40(27)50-8)35-21-34-38(43-42(53-26-54-43)29(3)41(34)52-24-31-17-13-10-14-18-31)36(47(35)44(49)55-45(4,5)6)25-51-23-30-15-11-9-12-16-30;1-25-17-29-18-30(20-46)44-36(34(29)37(47)38(25)49-6)32-19-31-35(41-40(52-24-53-41)26(2)39(31)51-22-28-15-11-8-12-16-28)33(45(32)42(48)54-43(3,4)5)23-50-21-27-13-9-7-10-14-27/h9-19,33,35-36,39,48H,20-26H2,1-8H3;7-17,30,32-33,36,44,46-47H,18-24H2,1-6H3/t33-,35-,36-,39-;30-,32-,33-,36-/m00/s1. The van der Waals surface area contributed by atoms with Gasteiger partial charge in [-0.25, -0.2) is 9.59 Å². The number of aromatic hydroxyl groups is 1. The molecule has 14 rings (SSSR count). The van der Waals surface area contributed by atoms with Crippen molar-refractivity contribution in [3.63, 3.8) is 0 Å². The largest absolute Gasteiger partial charge is 0.504 e. The fourth-order valence-corrected chi connectivity index (χ4v) is 16.9. The summed E-state index contributed by atoms with van der Waals surface area (Å²) in [6, 6.07) is 40.0. The van der Waals surface area contributed by atoms with Crippen molar-refractivity contribution in [2.75, 3.05) is 61.3 Å². The zero-order chi connectivity index (χ0) is 77.2. The van der Waals surface area contributed by atoms with Crippen LogP contribution in [0.15, 0.2) is 133 Å². The van der Waals surface area contributed by atoms with Gasteiger partial charge in [-0.3, -0.25) is 14.7 Å². The molecule has 6 aliphatic rings. The molecule has 21 nitrogen and oxygen atoms in total. The van der Waals surface area contributed by atoms with Gasteiger partial charge in [0.05, 0.1) is 90.1 Å². The third-order valence-corrected chi connectivity index (χ3v) is 21.5. The molecule has 8 aromatic carbocycles. The maximum absolute atomic E-state index is 15.0. The molecule has 6 heterocycles. The number of aliphatic hydroxyl groups is 2. The summed E-state index contributed by atoms with van der Waals surface area (Å²) in [5.41, 5.74) is 13.9. The quantitative estimate of drug-likeness (QED) is 0.0556. The summed E-state index contributed by atoms with van der Waals surface area (Å²) in [6.07, 6.45) is 0.814. The number of nitrogens with zero attached hydrogens (tertiary/aromatic N) is 3. The number of rotatable bonds is 20. The Morgan fingerprint density at radius 2 is 0.908 bits per heavy atom. The van der Waals surface area contributed by atoms with Gasteiger partial charge in [-0.05, 0) is 165 Å². The first-order valence-corrected chi connectivity index (χ1v) is 37.7. The van der Waals surface area contributed by atoms with E-state index in [1.165, 1.54) is 7.11 Å². The van der Waals surface area contributed by atoms with Gasteiger partial charge in [0.1, 0.15) is 41.7 Å². The molecule has 0 radical (unpaired) electrons. The van der Waals surface area contributed by atoms with Crippen LogP contribution < -0.4 is 43.2 Å². The fourth-order valence-electron chi connectivity index (χ4n) is 16.9. The van der Waals surface area contributed by atoms with Crippen molar-refractivity contribution in [1.82, 2.24) is 20.0 Å². The van der Waals surface area contributed by atoms with E-state index in [1.807, 2.05) is 202 Å². The third kappa shape index (κ3) is 16.0. The first kappa shape index (κ1) is 77.4. The Balaban J connectivity index is 0.000000192. The van der Waals surface area contributed by atoms with Gasteiger partial charge in [0, 0.05) is 51.0 Å². The van der Waals surface area contributed by atoms with E-state index in [9.17, 15) is 24.9 Å². The average molecular weight is 1490 g/mol. The number of nitrogens with one attached hydrogen (secondary N) is 1. The summed E-state index contributed by atoms with van der Waals surface area (Å²) in [7, 11) is 5.27. The van der Waals surface area contributed by atoms with Crippen LogP contribution in [-0.2, 0) is 71.1 Å². The molecule has 0 aliphatic carbocycles. The lowest BCUT2D eigenvalue weighted by Gasteiger charge is -2.52. The highest BCUT2D eigenvalue weighted by atomic mass is 16.7. The van der Waals surface area contributed by atoms with Crippen molar-refractivity contribution in [3.05, 3.63) is 228 Å². The van der Waals surface area contributed by atoms with Crippen molar-refractivity contribution in [2.24, 2.45) is 0 Å². The molecule has 0 bridgehead atoms. The van der Waals surface area contributed by atoms with E-state index >= 15 is 0 Å². The molecule has 6 aliphatic heterocycles. The van der Waals surface area contributed by atoms with Gasteiger partial charge in [0.25, 0.3) is 0 Å². The van der Waals surface area contributed by atoms with Gasteiger partial charge in [0.2, 0.25) is 13.6 Å². The normalized spacial score (nSPS) is 20.4. The van der Waals surface area contributed by atoms with Crippen molar-refractivity contribution in [3.8, 4) is 51.7 Å². The van der Waals surface area contributed by atoms with Crippen LogP contribution in [0, 0.1) is 34.6 Å². The number of fused-ring (bicyclic) bond motifs is 8. The molecule has 0 saturated carbocycles. The predicted molar refractivity (Wildman–Crippen MR) is 412 cm³/mol. The minimum atomic E-state index is -0.829. The zero-order valence-electron chi connectivity index (χ0n) is 65.1. The van der Waals surface area contributed by atoms with Crippen LogP contribution in [0.2, 0.25) is 0 Å². The van der Waals surface area contributed by atoms with E-state index in [4.69, 9.17) is 56.8 Å². The summed E-state index contributed by atoms with van der Waals surface area (Å²) < 4.78 is 75.6. The van der Waals surface area contributed by atoms with E-state index in [0.29, 0.717) is 91.5 Å². The number of hydrogen-bond donors (Lipinski definition) is 4. The molecular formula is C88H104N4O17. The minimum Gasteiger partial charge on any atom is -0.504 e. The van der Waals surface area contributed by atoms with Crippen LogP contribution in [-0.4, -0.2) is 139 Å². The zero-order valence-corrected chi connectivity index (χ0v) is 65.1.